The minimum Gasteiger partial charge on any atom is -0.370 e. The van der Waals surface area contributed by atoms with Crippen LogP contribution in [0.1, 0.15) is 20.3 Å². The molecule has 0 radical (unpaired) electrons. The Labute approximate surface area is 102 Å². The first-order valence-corrected chi connectivity index (χ1v) is 6.85. The quantitative estimate of drug-likeness (QED) is 0.674. The third kappa shape index (κ3) is 4.72. The molecule has 94 valence electrons. The summed E-state index contributed by atoms with van der Waals surface area (Å²) >= 11 is 2.00. The molecular formula is C11H22N2O2S. The Morgan fingerprint density at radius 2 is 2.38 bits per heavy atom. The standard InChI is InChI=1S/C11H22N2O2S/c1-11(2)3-6-16-8-9(11)13-4-5-15-7-10(12)14/h9,13H,3-8H2,1-2H3,(H2,12,14). The van der Waals surface area contributed by atoms with E-state index in [9.17, 15) is 4.79 Å². The number of hydrogen-bond acceptors (Lipinski definition) is 4. The molecule has 1 amide bonds. The predicted molar refractivity (Wildman–Crippen MR) is 67.5 cm³/mol. The molecule has 1 saturated heterocycles. The van der Waals surface area contributed by atoms with Crippen LogP contribution >= 0.6 is 11.8 Å². The molecule has 0 aliphatic carbocycles. The van der Waals surface area contributed by atoms with Crippen LogP contribution < -0.4 is 11.1 Å². The fraction of sp³-hybridized carbons (Fsp3) is 0.909. The summed E-state index contributed by atoms with van der Waals surface area (Å²) in [6.07, 6.45) is 1.25. The highest BCUT2D eigenvalue weighted by atomic mass is 32.2. The second-order valence-corrected chi connectivity index (χ2v) is 5.99. The zero-order valence-electron chi connectivity index (χ0n) is 10.1. The lowest BCUT2D eigenvalue weighted by Crippen LogP contribution is -2.47. The SMILES string of the molecule is CC1(C)CCSCC1NCCOCC(N)=O. The average Bonchev–Trinajstić information content (AvgIpc) is 2.19. The third-order valence-corrected chi connectivity index (χ3v) is 4.06. The van der Waals surface area contributed by atoms with E-state index in [-0.39, 0.29) is 6.61 Å². The molecule has 1 aliphatic heterocycles. The number of carbonyl (C=O) groups is 1. The molecule has 16 heavy (non-hydrogen) atoms. The van der Waals surface area contributed by atoms with Gasteiger partial charge in [-0.25, -0.2) is 0 Å². The summed E-state index contributed by atoms with van der Waals surface area (Å²) < 4.78 is 5.11. The summed E-state index contributed by atoms with van der Waals surface area (Å²) in [4.78, 5) is 10.4. The Balaban J connectivity index is 2.14. The molecule has 1 aliphatic rings. The van der Waals surface area contributed by atoms with Gasteiger partial charge < -0.3 is 15.8 Å². The van der Waals surface area contributed by atoms with Gasteiger partial charge in [-0.1, -0.05) is 13.8 Å². The van der Waals surface area contributed by atoms with Crippen molar-refractivity contribution in [2.75, 3.05) is 31.3 Å². The van der Waals surface area contributed by atoms with Crippen LogP contribution in [0.2, 0.25) is 0 Å². The van der Waals surface area contributed by atoms with Crippen molar-refractivity contribution in [2.45, 2.75) is 26.3 Å². The zero-order chi connectivity index (χ0) is 12.0. The maximum atomic E-state index is 10.4. The van der Waals surface area contributed by atoms with Crippen molar-refractivity contribution >= 4 is 17.7 Å². The van der Waals surface area contributed by atoms with Gasteiger partial charge in [0.25, 0.3) is 0 Å². The van der Waals surface area contributed by atoms with Crippen molar-refractivity contribution in [1.29, 1.82) is 0 Å². The maximum Gasteiger partial charge on any atom is 0.243 e. The molecule has 0 spiro atoms. The van der Waals surface area contributed by atoms with Gasteiger partial charge >= 0.3 is 0 Å². The summed E-state index contributed by atoms with van der Waals surface area (Å²) in [5, 5.41) is 3.49. The van der Waals surface area contributed by atoms with E-state index >= 15 is 0 Å². The first-order chi connectivity index (χ1) is 7.52. The monoisotopic (exact) mass is 246 g/mol. The maximum absolute atomic E-state index is 10.4. The largest absolute Gasteiger partial charge is 0.370 e. The van der Waals surface area contributed by atoms with Gasteiger partial charge in [0.05, 0.1) is 6.61 Å². The molecule has 0 bridgehead atoms. The van der Waals surface area contributed by atoms with Crippen LogP contribution in [0, 0.1) is 5.41 Å². The van der Waals surface area contributed by atoms with Crippen molar-refractivity contribution in [2.24, 2.45) is 11.1 Å². The Kier molecular flexibility index (Phi) is 5.58. The molecule has 1 fully saturated rings. The minimum absolute atomic E-state index is 0.0183. The lowest BCUT2D eigenvalue weighted by atomic mass is 9.82. The van der Waals surface area contributed by atoms with Crippen molar-refractivity contribution in [3.05, 3.63) is 0 Å². The molecule has 3 N–H and O–H groups in total. The fourth-order valence-corrected chi connectivity index (χ4v) is 3.39. The molecule has 5 heteroatoms. The number of carbonyl (C=O) groups excluding carboxylic acids is 1. The van der Waals surface area contributed by atoms with Gasteiger partial charge in [-0.3, -0.25) is 4.79 Å². The van der Waals surface area contributed by atoms with Crippen LogP contribution in [-0.2, 0) is 9.53 Å². The van der Waals surface area contributed by atoms with Crippen LogP contribution in [0.15, 0.2) is 0 Å². The number of rotatable bonds is 6. The second kappa shape index (κ2) is 6.47. The van der Waals surface area contributed by atoms with Crippen molar-refractivity contribution in [3.63, 3.8) is 0 Å². The lowest BCUT2D eigenvalue weighted by Gasteiger charge is -2.38. The molecule has 1 heterocycles. The summed E-state index contributed by atoms with van der Waals surface area (Å²) in [6, 6.07) is 0.531. The van der Waals surface area contributed by atoms with Gasteiger partial charge in [-0.2, -0.15) is 11.8 Å². The van der Waals surface area contributed by atoms with Crippen molar-refractivity contribution in [3.8, 4) is 0 Å². The van der Waals surface area contributed by atoms with E-state index in [0.29, 0.717) is 18.1 Å². The molecule has 0 aromatic rings. The van der Waals surface area contributed by atoms with Gasteiger partial charge in [-0.15, -0.1) is 0 Å². The normalized spacial score (nSPS) is 24.2. The molecule has 0 aromatic heterocycles. The highest BCUT2D eigenvalue weighted by Gasteiger charge is 2.31. The summed E-state index contributed by atoms with van der Waals surface area (Å²) in [7, 11) is 0. The number of primary amides is 1. The van der Waals surface area contributed by atoms with Crippen LogP contribution in [-0.4, -0.2) is 43.2 Å². The fourth-order valence-electron chi connectivity index (χ4n) is 1.75. The third-order valence-electron chi connectivity index (χ3n) is 3.00. The van der Waals surface area contributed by atoms with Crippen molar-refractivity contribution in [1.82, 2.24) is 5.32 Å². The first-order valence-electron chi connectivity index (χ1n) is 5.69. The number of nitrogens with one attached hydrogen (secondary N) is 1. The summed E-state index contributed by atoms with van der Waals surface area (Å²) in [6.45, 7) is 5.94. The van der Waals surface area contributed by atoms with E-state index in [0.717, 1.165) is 12.3 Å². The molecular weight excluding hydrogens is 224 g/mol. The lowest BCUT2D eigenvalue weighted by molar-refractivity contribution is -0.122. The Hall–Kier alpha value is -0.260. The summed E-state index contributed by atoms with van der Waals surface area (Å²) in [5.74, 6) is 2.00. The molecule has 0 aromatic carbocycles. The molecule has 1 unspecified atom stereocenters. The predicted octanol–water partition coefficient (Wildman–Crippen LogP) is 0.610. The molecule has 1 rings (SSSR count). The van der Waals surface area contributed by atoms with E-state index in [1.54, 1.807) is 0 Å². The highest BCUT2D eigenvalue weighted by Crippen LogP contribution is 2.33. The number of ether oxygens (including phenoxy) is 1. The van der Waals surface area contributed by atoms with E-state index in [4.69, 9.17) is 10.5 Å². The number of amides is 1. The second-order valence-electron chi connectivity index (χ2n) is 4.84. The van der Waals surface area contributed by atoms with E-state index in [1.165, 1.54) is 12.2 Å². The number of nitrogens with two attached hydrogens (primary N) is 1. The highest BCUT2D eigenvalue weighted by molar-refractivity contribution is 7.99. The number of thioether (sulfide) groups is 1. The molecule has 4 nitrogen and oxygen atoms in total. The Bertz CT molecular complexity index is 234. The summed E-state index contributed by atoms with van der Waals surface area (Å²) in [5.41, 5.74) is 5.33. The van der Waals surface area contributed by atoms with E-state index in [2.05, 4.69) is 19.2 Å². The van der Waals surface area contributed by atoms with Crippen LogP contribution in [0.25, 0.3) is 0 Å². The van der Waals surface area contributed by atoms with Crippen LogP contribution in [0.5, 0.6) is 0 Å². The smallest absolute Gasteiger partial charge is 0.243 e. The topological polar surface area (TPSA) is 64.3 Å². The zero-order valence-corrected chi connectivity index (χ0v) is 10.9. The Morgan fingerprint density at radius 1 is 1.62 bits per heavy atom. The van der Waals surface area contributed by atoms with Gasteiger partial charge in [0.2, 0.25) is 5.91 Å². The number of hydrogen-bond donors (Lipinski definition) is 2. The van der Waals surface area contributed by atoms with Gasteiger partial charge in [0.15, 0.2) is 0 Å². The minimum atomic E-state index is -0.409. The Morgan fingerprint density at radius 3 is 3.00 bits per heavy atom. The van der Waals surface area contributed by atoms with Crippen molar-refractivity contribution < 1.29 is 9.53 Å². The van der Waals surface area contributed by atoms with Gasteiger partial charge in [-0.05, 0) is 17.6 Å². The van der Waals surface area contributed by atoms with Gasteiger partial charge in [0, 0.05) is 18.3 Å². The first kappa shape index (κ1) is 13.8. The molecule has 1 atom stereocenters. The van der Waals surface area contributed by atoms with Crippen LogP contribution in [0.3, 0.4) is 0 Å². The average molecular weight is 246 g/mol. The van der Waals surface area contributed by atoms with E-state index in [1.807, 2.05) is 11.8 Å². The molecule has 0 saturated carbocycles. The van der Waals surface area contributed by atoms with E-state index < -0.39 is 5.91 Å². The van der Waals surface area contributed by atoms with Crippen LogP contribution in [0.4, 0.5) is 0 Å². The van der Waals surface area contributed by atoms with Gasteiger partial charge in [0.1, 0.15) is 6.61 Å².